The monoisotopic (exact) mass is 331 g/mol. The third-order valence-corrected chi connectivity index (χ3v) is 4.80. The van der Waals surface area contributed by atoms with Crippen molar-refractivity contribution in [2.24, 2.45) is 5.92 Å². The molecule has 0 aliphatic heterocycles. The molecule has 2 aliphatic carbocycles. The Bertz CT molecular complexity index is 776. The Morgan fingerprint density at radius 1 is 1.21 bits per heavy atom. The van der Waals surface area contributed by atoms with Crippen molar-refractivity contribution in [3.63, 3.8) is 0 Å². The summed E-state index contributed by atoms with van der Waals surface area (Å²) in [5, 5.41) is 6.85. The molecule has 1 saturated carbocycles. The van der Waals surface area contributed by atoms with Gasteiger partial charge in [0.05, 0.1) is 0 Å². The van der Waals surface area contributed by atoms with Gasteiger partial charge in [-0.1, -0.05) is 6.07 Å². The van der Waals surface area contributed by atoms with Crippen LogP contribution in [0.25, 0.3) is 0 Å². The molecule has 1 N–H and O–H groups in total. The van der Waals surface area contributed by atoms with Gasteiger partial charge in [-0.15, -0.1) is 0 Å². The fraction of sp³-hybridized carbons (Fsp3) is 0.444. The van der Waals surface area contributed by atoms with E-state index in [9.17, 15) is 13.6 Å². The molecule has 4 nitrogen and oxygen atoms in total. The van der Waals surface area contributed by atoms with E-state index in [0.717, 1.165) is 55.6 Å². The number of fused-ring (bicyclic) bond motifs is 1. The summed E-state index contributed by atoms with van der Waals surface area (Å²) in [6.07, 6.45) is 6.22. The lowest BCUT2D eigenvalue weighted by Gasteiger charge is -2.14. The lowest BCUT2D eigenvalue weighted by atomic mass is 9.95. The van der Waals surface area contributed by atoms with Crippen molar-refractivity contribution in [2.75, 3.05) is 5.32 Å². The number of nitrogens with zero attached hydrogens (tertiary/aromatic N) is 2. The summed E-state index contributed by atoms with van der Waals surface area (Å²) >= 11 is 0. The van der Waals surface area contributed by atoms with E-state index in [1.807, 2.05) is 4.68 Å². The van der Waals surface area contributed by atoms with Crippen molar-refractivity contribution in [3.8, 4) is 0 Å². The largest absolute Gasteiger partial charge is 0.316 e. The Labute approximate surface area is 138 Å². The molecule has 0 spiro atoms. The van der Waals surface area contributed by atoms with Gasteiger partial charge in [-0.3, -0.25) is 9.48 Å². The van der Waals surface area contributed by atoms with E-state index in [2.05, 4.69) is 10.4 Å². The summed E-state index contributed by atoms with van der Waals surface area (Å²) in [5.74, 6) is -1.45. The van der Waals surface area contributed by atoms with Gasteiger partial charge in [0.1, 0.15) is 17.3 Å². The topological polar surface area (TPSA) is 46.9 Å². The molecule has 1 amide bonds. The second-order valence-corrected chi connectivity index (χ2v) is 6.66. The first-order chi connectivity index (χ1) is 11.6. The molecular formula is C18H19F2N3O. The van der Waals surface area contributed by atoms with Crippen LogP contribution in [0.4, 0.5) is 14.5 Å². The maximum Gasteiger partial charge on any atom is 0.276 e. The standard InChI is InChI=1S/C18H19F2N3O/c19-13-5-3-6-14(20)17(13)21-18(24)16-12-4-1-2-7-15(12)23(22-16)10-11-8-9-11/h3,5-6,11H,1-2,4,7-10H2,(H,21,24). The minimum Gasteiger partial charge on any atom is -0.316 e. The summed E-state index contributed by atoms with van der Waals surface area (Å²) in [6, 6.07) is 3.52. The Hall–Kier alpha value is -2.24. The zero-order valence-corrected chi connectivity index (χ0v) is 13.3. The van der Waals surface area contributed by atoms with Crippen LogP contribution < -0.4 is 5.32 Å². The smallest absolute Gasteiger partial charge is 0.276 e. The maximum atomic E-state index is 13.8. The van der Waals surface area contributed by atoms with E-state index >= 15 is 0 Å². The van der Waals surface area contributed by atoms with Crippen LogP contribution in [-0.4, -0.2) is 15.7 Å². The average molecular weight is 331 g/mol. The number of rotatable bonds is 4. The minimum atomic E-state index is -0.783. The molecule has 1 aromatic carbocycles. The fourth-order valence-electron chi connectivity index (χ4n) is 3.34. The molecule has 24 heavy (non-hydrogen) atoms. The second-order valence-electron chi connectivity index (χ2n) is 6.66. The van der Waals surface area contributed by atoms with Gasteiger partial charge in [0, 0.05) is 17.8 Å². The number of anilines is 1. The number of aromatic nitrogens is 2. The van der Waals surface area contributed by atoms with Crippen LogP contribution in [0, 0.1) is 17.6 Å². The Balaban J connectivity index is 1.65. The molecule has 2 aliphatic rings. The molecule has 126 valence electrons. The van der Waals surface area contributed by atoms with E-state index in [1.165, 1.54) is 18.9 Å². The normalized spacial score (nSPS) is 16.8. The highest BCUT2D eigenvalue weighted by Crippen LogP contribution is 2.33. The van der Waals surface area contributed by atoms with Crippen LogP contribution in [0.1, 0.15) is 47.4 Å². The number of hydrogen-bond donors (Lipinski definition) is 1. The highest BCUT2D eigenvalue weighted by Gasteiger charge is 2.29. The number of carbonyl (C=O) groups is 1. The van der Waals surface area contributed by atoms with Gasteiger partial charge in [0.25, 0.3) is 5.91 Å². The van der Waals surface area contributed by atoms with E-state index in [-0.39, 0.29) is 0 Å². The number of halogens is 2. The molecule has 4 rings (SSSR count). The summed E-state index contributed by atoms with van der Waals surface area (Å²) < 4.78 is 29.5. The molecule has 2 aromatic rings. The van der Waals surface area contributed by atoms with Gasteiger partial charge < -0.3 is 5.32 Å². The first-order valence-electron chi connectivity index (χ1n) is 8.47. The van der Waals surface area contributed by atoms with Crippen molar-refractivity contribution in [1.29, 1.82) is 0 Å². The molecule has 0 bridgehead atoms. The van der Waals surface area contributed by atoms with Gasteiger partial charge >= 0.3 is 0 Å². The number of amides is 1. The lowest BCUT2D eigenvalue weighted by Crippen LogP contribution is -2.17. The first kappa shape index (κ1) is 15.3. The average Bonchev–Trinajstić information content (AvgIpc) is 3.31. The Morgan fingerprint density at radius 2 is 1.92 bits per heavy atom. The van der Waals surface area contributed by atoms with E-state index < -0.39 is 23.2 Å². The molecule has 1 fully saturated rings. The number of para-hydroxylation sites is 1. The third kappa shape index (κ3) is 2.81. The summed E-state index contributed by atoms with van der Waals surface area (Å²) in [6.45, 7) is 0.837. The van der Waals surface area contributed by atoms with Crippen LogP contribution in [0.3, 0.4) is 0 Å². The lowest BCUT2D eigenvalue weighted by molar-refractivity contribution is 0.101. The van der Waals surface area contributed by atoms with Crippen LogP contribution in [0.2, 0.25) is 0 Å². The number of carbonyl (C=O) groups excluding carboxylic acids is 1. The first-order valence-corrected chi connectivity index (χ1v) is 8.47. The fourth-order valence-corrected chi connectivity index (χ4v) is 3.34. The van der Waals surface area contributed by atoms with Gasteiger partial charge in [0.2, 0.25) is 0 Å². The minimum absolute atomic E-state index is 0.313. The van der Waals surface area contributed by atoms with Crippen molar-refractivity contribution in [2.45, 2.75) is 45.1 Å². The number of nitrogens with one attached hydrogen (secondary N) is 1. The van der Waals surface area contributed by atoms with Gasteiger partial charge in [-0.2, -0.15) is 5.10 Å². The summed E-state index contributed by atoms with van der Waals surface area (Å²) in [5.41, 5.74) is 1.96. The summed E-state index contributed by atoms with van der Waals surface area (Å²) in [4.78, 5) is 12.6. The predicted octanol–water partition coefficient (Wildman–Crippen LogP) is 3.70. The summed E-state index contributed by atoms with van der Waals surface area (Å²) in [7, 11) is 0. The van der Waals surface area contributed by atoms with Crippen LogP contribution >= 0.6 is 0 Å². The number of benzene rings is 1. The van der Waals surface area contributed by atoms with Crippen molar-refractivity contribution in [3.05, 3.63) is 46.8 Å². The molecule has 6 heteroatoms. The molecule has 0 radical (unpaired) electrons. The van der Waals surface area contributed by atoms with Gasteiger partial charge in [0.15, 0.2) is 5.69 Å². The molecule has 0 saturated heterocycles. The second kappa shape index (κ2) is 6.00. The SMILES string of the molecule is O=C(Nc1c(F)cccc1F)c1nn(CC2CC2)c2c1CCCC2. The molecule has 1 aromatic heterocycles. The molecule has 1 heterocycles. The van der Waals surface area contributed by atoms with Crippen LogP contribution in [0.5, 0.6) is 0 Å². The van der Waals surface area contributed by atoms with E-state index in [4.69, 9.17) is 0 Å². The van der Waals surface area contributed by atoms with Crippen LogP contribution in [0.15, 0.2) is 18.2 Å². The zero-order valence-electron chi connectivity index (χ0n) is 13.3. The number of hydrogen-bond acceptors (Lipinski definition) is 2. The molecular weight excluding hydrogens is 312 g/mol. The Kier molecular flexibility index (Phi) is 3.82. The van der Waals surface area contributed by atoms with E-state index in [1.54, 1.807) is 0 Å². The third-order valence-electron chi connectivity index (χ3n) is 4.80. The van der Waals surface area contributed by atoms with Crippen LogP contribution in [-0.2, 0) is 19.4 Å². The van der Waals surface area contributed by atoms with E-state index in [0.29, 0.717) is 11.6 Å². The van der Waals surface area contributed by atoms with Crippen molar-refractivity contribution >= 4 is 11.6 Å². The Morgan fingerprint density at radius 3 is 2.62 bits per heavy atom. The maximum absolute atomic E-state index is 13.8. The van der Waals surface area contributed by atoms with Gasteiger partial charge in [-0.05, 0) is 56.6 Å². The van der Waals surface area contributed by atoms with Crippen molar-refractivity contribution in [1.82, 2.24) is 9.78 Å². The highest BCUT2D eigenvalue weighted by molar-refractivity contribution is 6.04. The molecule has 0 unspecified atom stereocenters. The zero-order chi connectivity index (χ0) is 16.7. The quantitative estimate of drug-likeness (QED) is 0.928. The van der Waals surface area contributed by atoms with Crippen molar-refractivity contribution < 1.29 is 13.6 Å². The predicted molar refractivity (Wildman–Crippen MR) is 85.9 cm³/mol. The highest BCUT2D eigenvalue weighted by atomic mass is 19.1. The molecule has 0 atom stereocenters. The van der Waals surface area contributed by atoms with Gasteiger partial charge in [-0.25, -0.2) is 8.78 Å².